The van der Waals surface area contributed by atoms with Crippen molar-refractivity contribution in [2.24, 2.45) is 13.0 Å². The van der Waals surface area contributed by atoms with E-state index in [9.17, 15) is 0 Å². The smallest absolute Gasteiger partial charge is 0.122 e. The van der Waals surface area contributed by atoms with E-state index in [1.54, 1.807) is 0 Å². The van der Waals surface area contributed by atoms with Gasteiger partial charge in [0.25, 0.3) is 0 Å². The number of piperazine rings is 1. The Balaban J connectivity index is 1.75. The molecule has 0 bridgehead atoms. The van der Waals surface area contributed by atoms with Gasteiger partial charge in [-0.1, -0.05) is 13.8 Å². The van der Waals surface area contributed by atoms with Crippen LogP contribution in [0.25, 0.3) is 0 Å². The number of aryl methyl sites for hydroxylation is 1. The Labute approximate surface area is 116 Å². The number of rotatable bonds is 3. The third-order valence-electron chi connectivity index (χ3n) is 4.87. The van der Waals surface area contributed by atoms with Gasteiger partial charge in [-0.25, -0.2) is 4.98 Å². The number of imidazole rings is 1. The first kappa shape index (κ1) is 13.1. The van der Waals surface area contributed by atoms with E-state index in [1.807, 2.05) is 12.4 Å². The van der Waals surface area contributed by atoms with Crippen molar-refractivity contribution in [1.82, 2.24) is 19.4 Å². The minimum atomic E-state index is 0.672. The highest BCUT2D eigenvalue weighted by Crippen LogP contribution is 2.28. The second-order valence-electron chi connectivity index (χ2n) is 6.49. The van der Waals surface area contributed by atoms with Gasteiger partial charge in [0.2, 0.25) is 0 Å². The van der Waals surface area contributed by atoms with Crippen molar-refractivity contribution in [3.63, 3.8) is 0 Å². The Bertz CT molecular complexity index is 426. The molecule has 106 valence electrons. The van der Waals surface area contributed by atoms with Crippen LogP contribution in [0.4, 0.5) is 0 Å². The van der Waals surface area contributed by atoms with Crippen molar-refractivity contribution in [1.29, 1.82) is 0 Å². The minimum absolute atomic E-state index is 0.672. The molecule has 0 aromatic carbocycles. The molecule has 1 aromatic heterocycles. The summed E-state index contributed by atoms with van der Waals surface area (Å²) in [7, 11) is 2.10. The quantitative estimate of drug-likeness (QED) is 0.829. The van der Waals surface area contributed by atoms with Crippen molar-refractivity contribution in [3.05, 3.63) is 18.2 Å². The van der Waals surface area contributed by atoms with Crippen LogP contribution in [0.15, 0.2) is 12.4 Å². The van der Waals surface area contributed by atoms with E-state index in [-0.39, 0.29) is 0 Å². The summed E-state index contributed by atoms with van der Waals surface area (Å²) >= 11 is 0. The molecule has 3 rings (SSSR count). The largest absolute Gasteiger partial charge is 0.337 e. The van der Waals surface area contributed by atoms with Crippen molar-refractivity contribution in [2.45, 2.75) is 45.3 Å². The van der Waals surface area contributed by atoms with E-state index in [2.05, 4.69) is 40.2 Å². The van der Waals surface area contributed by atoms with E-state index < -0.39 is 0 Å². The zero-order valence-electron chi connectivity index (χ0n) is 12.4. The molecule has 2 fully saturated rings. The first-order chi connectivity index (χ1) is 9.15. The Hall–Kier alpha value is -0.870. The second kappa shape index (κ2) is 5.25. The molecule has 0 radical (unpaired) electrons. The van der Waals surface area contributed by atoms with Gasteiger partial charge < -0.3 is 4.57 Å². The standard InChI is InChI=1S/C15H26N4/c1-12(2)14-10-18-7-4-5-13(18)9-19(14)11-15-16-6-8-17(15)3/h6,8,12-14H,4-5,7,9-11H2,1-3H3. The van der Waals surface area contributed by atoms with Crippen molar-refractivity contribution >= 4 is 0 Å². The summed E-state index contributed by atoms with van der Waals surface area (Å²) in [5.74, 6) is 1.90. The summed E-state index contributed by atoms with van der Waals surface area (Å²) in [5, 5.41) is 0. The van der Waals surface area contributed by atoms with Crippen LogP contribution >= 0.6 is 0 Å². The Morgan fingerprint density at radius 2 is 2.21 bits per heavy atom. The topological polar surface area (TPSA) is 24.3 Å². The van der Waals surface area contributed by atoms with E-state index >= 15 is 0 Å². The predicted molar refractivity (Wildman–Crippen MR) is 76.8 cm³/mol. The lowest BCUT2D eigenvalue weighted by molar-refractivity contribution is 0.0218. The van der Waals surface area contributed by atoms with E-state index in [4.69, 9.17) is 0 Å². The summed E-state index contributed by atoms with van der Waals surface area (Å²) in [6.45, 7) is 9.47. The lowest BCUT2D eigenvalue weighted by Gasteiger charge is -2.45. The lowest BCUT2D eigenvalue weighted by atomic mass is 9.97. The van der Waals surface area contributed by atoms with Crippen LogP contribution in [0.5, 0.6) is 0 Å². The van der Waals surface area contributed by atoms with Gasteiger partial charge in [-0.15, -0.1) is 0 Å². The van der Waals surface area contributed by atoms with Gasteiger partial charge in [0.15, 0.2) is 0 Å². The SMILES string of the molecule is CC(C)C1CN2CCCC2CN1Cc1nccn1C. The van der Waals surface area contributed by atoms with E-state index in [0.29, 0.717) is 12.0 Å². The molecule has 0 N–H and O–H groups in total. The molecule has 4 nitrogen and oxygen atoms in total. The molecule has 0 spiro atoms. The van der Waals surface area contributed by atoms with Crippen LogP contribution in [0.1, 0.15) is 32.5 Å². The van der Waals surface area contributed by atoms with Crippen LogP contribution in [0, 0.1) is 5.92 Å². The Morgan fingerprint density at radius 1 is 1.37 bits per heavy atom. The fourth-order valence-corrected chi connectivity index (χ4v) is 3.65. The molecule has 0 aliphatic carbocycles. The number of aromatic nitrogens is 2. The first-order valence-corrected chi connectivity index (χ1v) is 7.59. The maximum absolute atomic E-state index is 4.50. The molecule has 2 saturated heterocycles. The number of hydrogen-bond donors (Lipinski definition) is 0. The summed E-state index contributed by atoms with van der Waals surface area (Å²) in [6, 6.07) is 1.46. The number of nitrogens with zero attached hydrogens (tertiary/aromatic N) is 4. The second-order valence-corrected chi connectivity index (χ2v) is 6.49. The zero-order chi connectivity index (χ0) is 13.4. The molecule has 2 unspecified atom stereocenters. The normalized spacial score (nSPS) is 29.1. The zero-order valence-corrected chi connectivity index (χ0v) is 12.4. The molecule has 19 heavy (non-hydrogen) atoms. The summed E-state index contributed by atoms with van der Waals surface area (Å²) < 4.78 is 2.15. The molecule has 1 aromatic rings. The molecular weight excluding hydrogens is 236 g/mol. The van der Waals surface area contributed by atoms with Crippen LogP contribution in [0.3, 0.4) is 0 Å². The minimum Gasteiger partial charge on any atom is -0.337 e. The van der Waals surface area contributed by atoms with Gasteiger partial charge in [0.1, 0.15) is 5.82 Å². The molecular formula is C15H26N4. The van der Waals surface area contributed by atoms with Crippen molar-refractivity contribution < 1.29 is 0 Å². The molecule has 2 aliphatic heterocycles. The van der Waals surface area contributed by atoms with E-state index in [1.165, 1.54) is 38.3 Å². The van der Waals surface area contributed by atoms with Crippen molar-refractivity contribution in [3.8, 4) is 0 Å². The van der Waals surface area contributed by atoms with Gasteiger partial charge in [-0.2, -0.15) is 0 Å². The van der Waals surface area contributed by atoms with Crippen LogP contribution < -0.4 is 0 Å². The third kappa shape index (κ3) is 2.56. The monoisotopic (exact) mass is 262 g/mol. The first-order valence-electron chi connectivity index (χ1n) is 7.59. The average molecular weight is 262 g/mol. The third-order valence-corrected chi connectivity index (χ3v) is 4.87. The summed E-state index contributed by atoms with van der Waals surface area (Å²) in [6.07, 6.45) is 6.71. The Morgan fingerprint density at radius 3 is 2.89 bits per heavy atom. The highest BCUT2D eigenvalue weighted by molar-refractivity contribution is 4.97. The van der Waals surface area contributed by atoms with Gasteiger partial charge in [0, 0.05) is 44.6 Å². The molecule has 4 heteroatoms. The molecule has 2 atom stereocenters. The van der Waals surface area contributed by atoms with Gasteiger partial charge >= 0.3 is 0 Å². The molecule has 3 heterocycles. The summed E-state index contributed by atoms with van der Waals surface area (Å²) in [4.78, 5) is 9.87. The highest BCUT2D eigenvalue weighted by atomic mass is 15.3. The maximum Gasteiger partial charge on any atom is 0.122 e. The predicted octanol–water partition coefficient (Wildman–Crippen LogP) is 1.72. The van der Waals surface area contributed by atoms with E-state index in [0.717, 1.165) is 12.6 Å². The highest BCUT2D eigenvalue weighted by Gasteiger charge is 2.37. The van der Waals surface area contributed by atoms with Crippen LogP contribution in [-0.4, -0.2) is 51.1 Å². The summed E-state index contributed by atoms with van der Waals surface area (Å²) in [5.41, 5.74) is 0. The maximum atomic E-state index is 4.50. The number of hydrogen-bond acceptors (Lipinski definition) is 3. The van der Waals surface area contributed by atoms with Gasteiger partial charge in [0.05, 0.1) is 6.54 Å². The van der Waals surface area contributed by atoms with Gasteiger partial charge in [-0.3, -0.25) is 9.80 Å². The molecule has 0 saturated carbocycles. The fourth-order valence-electron chi connectivity index (χ4n) is 3.65. The average Bonchev–Trinajstić information content (AvgIpc) is 2.97. The lowest BCUT2D eigenvalue weighted by Crippen LogP contribution is -2.57. The molecule has 0 amide bonds. The number of fused-ring (bicyclic) bond motifs is 1. The molecule has 2 aliphatic rings. The van der Waals surface area contributed by atoms with Crippen LogP contribution in [-0.2, 0) is 13.6 Å². The van der Waals surface area contributed by atoms with Crippen molar-refractivity contribution in [2.75, 3.05) is 19.6 Å². The Kier molecular flexibility index (Phi) is 3.63. The van der Waals surface area contributed by atoms with Crippen LogP contribution in [0.2, 0.25) is 0 Å². The fraction of sp³-hybridized carbons (Fsp3) is 0.800. The van der Waals surface area contributed by atoms with Gasteiger partial charge in [-0.05, 0) is 25.3 Å².